The Morgan fingerprint density at radius 1 is 1.02 bits per heavy atom. The molecular weight excluding hydrogens is 595 g/mol. The molecule has 3 aromatic heterocycles. The van der Waals surface area contributed by atoms with Crippen LogP contribution in [-0.2, 0) is 11.3 Å². The van der Waals surface area contributed by atoms with Crippen LogP contribution >= 0.6 is 11.3 Å². The molecule has 5 heterocycles. The highest BCUT2D eigenvalue weighted by molar-refractivity contribution is 7.22. The molecule has 2 atom stereocenters. The number of carbonyl (C=O) groups is 2. The van der Waals surface area contributed by atoms with Crippen LogP contribution < -0.4 is 15.4 Å². The fourth-order valence-electron chi connectivity index (χ4n) is 6.00. The first-order chi connectivity index (χ1) is 21.9. The fraction of sp³-hybridized carbons (Fsp3) is 0.394. The molecule has 45 heavy (non-hydrogen) atoms. The number of urea groups is 1. The van der Waals surface area contributed by atoms with E-state index in [2.05, 4.69) is 26.6 Å². The van der Waals surface area contributed by atoms with Gasteiger partial charge in [-0.15, -0.1) is 11.3 Å². The second-order valence-corrected chi connectivity index (χ2v) is 13.2. The molecule has 0 spiro atoms. The minimum Gasteiger partial charge on any atom is -0.453 e. The third-order valence-electron chi connectivity index (χ3n) is 8.51. The summed E-state index contributed by atoms with van der Waals surface area (Å²) in [7, 11) is 0. The van der Waals surface area contributed by atoms with Gasteiger partial charge in [-0.2, -0.15) is 0 Å². The highest BCUT2D eigenvalue weighted by Gasteiger charge is 2.32. The summed E-state index contributed by atoms with van der Waals surface area (Å²) in [6.45, 7) is 3.47. The topological polar surface area (TPSA) is 120 Å². The highest BCUT2D eigenvalue weighted by atomic mass is 32.1. The Morgan fingerprint density at radius 2 is 1.91 bits per heavy atom. The second-order valence-electron chi connectivity index (χ2n) is 12.1. The van der Waals surface area contributed by atoms with Gasteiger partial charge in [-0.05, 0) is 68.5 Å². The molecule has 1 saturated carbocycles. The van der Waals surface area contributed by atoms with Gasteiger partial charge in [0.05, 0.1) is 32.8 Å². The number of piperidine rings is 1. The minimum absolute atomic E-state index is 0.0275. The summed E-state index contributed by atoms with van der Waals surface area (Å²) in [5, 5.41) is 15.3. The summed E-state index contributed by atoms with van der Waals surface area (Å²) in [5.74, 6) is 0.0819. The first-order valence-corrected chi connectivity index (χ1v) is 16.3. The van der Waals surface area contributed by atoms with Gasteiger partial charge in [0.1, 0.15) is 5.75 Å². The van der Waals surface area contributed by atoms with E-state index in [1.807, 2.05) is 23.2 Å². The van der Waals surface area contributed by atoms with E-state index < -0.39 is 11.9 Å². The number of rotatable bonds is 8. The van der Waals surface area contributed by atoms with E-state index in [-0.39, 0.29) is 29.6 Å². The fourth-order valence-corrected chi connectivity index (χ4v) is 7.05. The average molecular weight is 631 g/mol. The van der Waals surface area contributed by atoms with Gasteiger partial charge in [-0.25, -0.2) is 9.18 Å². The Bertz CT molecular complexity index is 1710. The highest BCUT2D eigenvalue weighted by Crippen LogP contribution is 2.39. The summed E-state index contributed by atoms with van der Waals surface area (Å²) in [4.78, 5) is 39.2. The van der Waals surface area contributed by atoms with Crippen LogP contribution in [-0.4, -0.2) is 75.1 Å². The van der Waals surface area contributed by atoms with E-state index >= 15 is 0 Å². The van der Waals surface area contributed by atoms with E-state index in [4.69, 9.17) is 9.72 Å². The lowest BCUT2D eigenvalue weighted by Gasteiger charge is -2.33. The van der Waals surface area contributed by atoms with Crippen molar-refractivity contribution in [2.45, 2.75) is 50.8 Å². The maximum absolute atomic E-state index is 14.9. The Balaban J connectivity index is 0.999. The Labute approximate surface area is 264 Å². The number of amides is 3. The zero-order valence-corrected chi connectivity index (χ0v) is 25.6. The molecule has 3 amide bonds. The number of β-amino-alcohol motifs (C(OH)–C–C–N with tert-alkyl or cyclic N) is 1. The molecule has 7 rings (SSSR count). The van der Waals surface area contributed by atoms with Crippen LogP contribution in [0.3, 0.4) is 0 Å². The van der Waals surface area contributed by atoms with Gasteiger partial charge in [0, 0.05) is 62.4 Å². The Hall–Kier alpha value is -4.13. The van der Waals surface area contributed by atoms with Crippen LogP contribution in [0.15, 0.2) is 54.9 Å². The normalized spacial score (nSPS) is 20.4. The number of fused-ring (bicyclic) bond motifs is 1. The Morgan fingerprint density at radius 3 is 2.67 bits per heavy atom. The number of hydrogen-bond acceptors (Lipinski definition) is 8. The number of aromatic nitrogens is 2. The van der Waals surface area contributed by atoms with Gasteiger partial charge in [-0.1, -0.05) is 6.07 Å². The monoisotopic (exact) mass is 630 g/mol. The van der Waals surface area contributed by atoms with E-state index in [1.54, 1.807) is 18.3 Å². The number of nitrogens with one attached hydrogen (secondary N) is 2. The number of nitrogens with zero attached hydrogens (tertiary/aromatic N) is 4. The van der Waals surface area contributed by atoms with Gasteiger partial charge in [0.2, 0.25) is 5.91 Å². The molecule has 2 aliphatic heterocycles. The molecule has 3 N–H and O–H groups in total. The lowest BCUT2D eigenvalue weighted by atomic mass is 9.96. The van der Waals surface area contributed by atoms with Crippen molar-refractivity contribution in [2.24, 2.45) is 5.92 Å². The number of aliphatic hydroxyl groups is 1. The van der Waals surface area contributed by atoms with E-state index in [0.29, 0.717) is 37.5 Å². The van der Waals surface area contributed by atoms with Crippen molar-refractivity contribution in [3.63, 3.8) is 0 Å². The van der Waals surface area contributed by atoms with Crippen LogP contribution in [0.1, 0.15) is 37.7 Å². The predicted octanol–water partition coefficient (Wildman–Crippen LogP) is 5.38. The zero-order valence-electron chi connectivity index (χ0n) is 24.7. The third-order valence-corrected chi connectivity index (χ3v) is 9.67. The van der Waals surface area contributed by atoms with Crippen LogP contribution in [0.4, 0.5) is 14.9 Å². The van der Waals surface area contributed by atoms with Gasteiger partial charge < -0.3 is 25.4 Å². The third kappa shape index (κ3) is 6.92. The number of aliphatic hydroxyl groups excluding tert-OH is 1. The number of ether oxygens (including phenoxy) is 1. The molecule has 234 valence electrons. The first kappa shape index (κ1) is 29.6. The van der Waals surface area contributed by atoms with Crippen molar-refractivity contribution in [1.29, 1.82) is 0 Å². The summed E-state index contributed by atoms with van der Waals surface area (Å²) >= 11 is 1.47. The lowest BCUT2D eigenvalue weighted by molar-refractivity contribution is -0.136. The molecule has 0 radical (unpaired) electrons. The van der Waals surface area contributed by atoms with Crippen molar-refractivity contribution >= 4 is 39.2 Å². The molecule has 1 unspecified atom stereocenters. The quantitative estimate of drug-likeness (QED) is 0.239. The van der Waals surface area contributed by atoms with Crippen molar-refractivity contribution in [1.82, 2.24) is 25.1 Å². The maximum Gasteiger partial charge on any atom is 0.319 e. The summed E-state index contributed by atoms with van der Waals surface area (Å²) in [6.07, 6.45) is 7.57. The van der Waals surface area contributed by atoms with Crippen molar-refractivity contribution < 1.29 is 23.8 Å². The maximum atomic E-state index is 14.9. The lowest BCUT2D eigenvalue weighted by Crippen LogP contribution is -2.44. The largest absolute Gasteiger partial charge is 0.453 e. The van der Waals surface area contributed by atoms with Crippen molar-refractivity contribution in [3.05, 3.63) is 66.2 Å². The second kappa shape index (κ2) is 12.7. The van der Waals surface area contributed by atoms with Crippen LogP contribution in [0.5, 0.6) is 11.5 Å². The van der Waals surface area contributed by atoms with E-state index in [9.17, 15) is 19.1 Å². The summed E-state index contributed by atoms with van der Waals surface area (Å²) in [6, 6.07) is 11.9. The number of carbonyl (C=O) groups excluding carboxylic acids is 2. The zero-order chi connectivity index (χ0) is 30.9. The average Bonchev–Trinajstić information content (AvgIpc) is 3.55. The van der Waals surface area contributed by atoms with Crippen molar-refractivity contribution in [2.75, 3.05) is 31.5 Å². The number of hydrogen-bond donors (Lipinski definition) is 3. The number of thiophene rings is 1. The van der Waals surface area contributed by atoms with Gasteiger partial charge in [-0.3, -0.25) is 19.7 Å². The number of likely N-dealkylation sites (tertiary alicyclic amines) is 2. The number of benzene rings is 1. The standard InChI is InChI=1S/C33H35FN6O4S/c34-25-14-23(38-33(43)37-22-4-5-22)6-8-28(25)44-29-9-11-35-27-15-30(45-31(27)29)26-7-3-20(16-36-26)17-39-12-1-2-21(18-39)32(42)40-13-10-24(41)19-40/h3,6-9,11,14-16,21-22,24,41H,1-2,4-5,10,12-13,17-19H2,(H2,37,38,43)/t21?,24-/m1/s1. The molecule has 0 bridgehead atoms. The minimum atomic E-state index is -0.586. The van der Waals surface area contributed by atoms with Crippen LogP contribution in [0.2, 0.25) is 0 Å². The molecular formula is C33H35FN6O4S. The Kier molecular flexibility index (Phi) is 8.35. The van der Waals surface area contributed by atoms with E-state index in [1.165, 1.54) is 23.5 Å². The summed E-state index contributed by atoms with van der Waals surface area (Å²) < 4.78 is 21.7. The first-order valence-electron chi connectivity index (χ1n) is 15.5. The van der Waals surface area contributed by atoms with Crippen LogP contribution in [0, 0.1) is 11.7 Å². The molecule has 4 aromatic rings. The van der Waals surface area contributed by atoms with Gasteiger partial charge in [0.15, 0.2) is 11.6 Å². The van der Waals surface area contributed by atoms with Crippen molar-refractivity contribution in [3.8, 4) is 22.1 Å². The van der Waals surface area contributed by atoms with Gasteiger partial charge in [0.25, 0.3) is 0 Å². The number of halogens is 1. The number of anilines is 1. The SMILES string of the molecule is O=C(Nc1ccc(Oc2ccnc3cc(-c4ccc(CN5CCCC(C(=O)N6CC[C@@H](O)C6)C5)cn4)sc23)c(F)c1)NC1CC1. The number of pyridine rings is 2. The van der Waals surface area contributed by atoms with E-state index in [0.717, 1.165) is 65.1 Å². The molecule has 10 nitrogen and oxygen atoms in total. The molecule has 1 aliphatic carbocycles. The van der Waals surface area contributed by atoms with Crippen LogP contribution in [0.25, 0.3) is 20.8 Å². The molecule has 3 fully saturated rings. The molecule has 12 heteroatoms. The molecule has 3 aliphatic rings. The molecule has 2 saturated heterocycles. The predicted molar refractivity (Wildman–Crippen MR) is 170 cm³/mol. The molecule has 1 aromatic carbocycles. The smallest absolute Gasteiger partial charge is 0.319 e. The summed E-state index contributed by atoms with van der Waals surface area (Å²) in [5.41, 5.74) is 2.95. The van der Waals surface area contributed by atoms with Gasteiger partial charge >= 0.3 is 6.03 Å².